The molecule has 2 amide bonds. The summed E-state index contributed by atoms with van der Waals surface area (Å²) in [5.41, 5.74) is 1.58. The van der Waals surface area contributed by atoms with Crippen molar-refractivity contribution in [1.82, 2.24) is 10.3 Å². The fourth-order valence-electron chi connectivity index (χ4n) is 1.87. The molecule has 8 heteroatoms. The number of thiazole rings is 1. The van der Waals surface area contributed by atoms with Gasteiger partial charge in [0.15, 0.2) is 5.13 Å². The topological polar surface area (TPSA) is 89.5 Å². The lowest BCUT2D eigenvalue weighted by atomic mass is 10.2. The standard InChI is InChI=1S/C16H19N3O4S/c1-3-23-16(21)19-15-18-12(10-24-15)8-14(20)17-9-11-4-6-13(22-2)7-5-11/h4-7,10H,3,8-9H2,1-2H3,(H,17,20)(H,18,19,21). The number of carbonyl (C=O) groups excluding carboxylic acids is 2. The molecule has 0 aliphatic rings. The van der Waals surface area contributed by atoms with Crippen LogP contribution in [0.3, 0.4) is 0 Å². The van der Waals surface area contributed by atoms with E-state index >= 15 is 0 Å². The van der Waals surface area contributed by atoms with Crippen LogP contribution in [-0.4, -0.2) is 30.7 Å². The molecule has 0 bridgehead atoms. The van der Waals surface area contributed by atoms with Gasteiger partial charge in [0, 0.05) is 11.9 Å². The molecule has 1 aromatic heterocycles. The lowest BCUT2D eigenvalue weighted by Crippen LogP contribution is -2.24. The normalized spacial score (nSPS) is 10.1. The molecule has 1 heterocycles. The van der Waals surface area contributed by atoms with Crippen LogP contribution in [0.4, 0.5) is 9.93 Å². The number of amides is 2. The van der Waals surface area contributed by atoms with Gasteiger partial charge in [-0.25, -0.2) is 9.78 Å². The van der Waals surface area contributed by atoms with Gasteiger partial charge in [0.2, 0.25) is 5.91 Å². The maximum atomic E-state index is 12.0. The molecule has 0 aliphatic heterocycles. The lowest BCUT2D eigenvalue weighted by Gasteiger charge is -2.05. The van der Waals surface area contributed by atoms with Gasteiger partial charge in [-0.2, -0.15) is 0 Å². The minimum atomic E-state index is -0.553. The van der Waals surface area contributed by atoms with Crippen LogP contribution in [0, 0.1) is 0 Å². The third kappa shape index (κ3) is 5.54. The quantitative estimate of drug-likeness (QED) is 0.802. The Kier molecular flexibility index (Phi) is 6.56. The molecular formula is C16H19N3O4S. The maximum Gasteiger partial charge on any atom is 0.413 e. The number of anilines is 1. The van der Waals surface area contributed by atoms with Crippen molar-refractivity contribution in [2.24, 2.45) is 0 Å². The van der Waals surface area contributed by atoms with E-state index in [1.807, 2.05) is 24.3 Å². The van der Waals surface area contributed by atoms with Crippen LogP contribution in [-0.2, 0) is 22.5 Å². The van der Waals surface area contributed by atoms with Gasteiger partial charge < -0.3 is 14.8 Å². The van der Waals surface area contributed by atoms with Gasteiger partial charge in [0.25, 0.3) is 0 Å². The lowest BCUT2D eigenvalue weighted by molar-refractivity contribution is -0.120. The highest BCUT2D eigenvalue weighted by atomic mass is 32.1. The average molecular weight is 349 g/mol. The van der Waals surface area contributed by atoms with Gasteiger partial charge >= 0.3 is 6.09 Å². The molecule has 0 saturated heterocycles. The van der Waals surface area contributed by atoms with E-state index in [2.05, 4.69) is 15.6 Å². The fraction of sp³-hybridized carbons (Fsp3) is 0.312. The summed E-state index contributed by atoms with van der Waals surface area (Å²) in [7, 11) is 1.61. The molecule has 0 fully saturated rings. The molecule has 2 N–H and O–H groups in total. The van der Waals surface area contributed by atoms with Gasteiger partial charge in [-0.05, 0) is 24.6 Å². The molecular weight excluding hydrogens is 330 g/mol. The van der Waals surface area contributed by atoms with Crippen LogP contribution < -0.4 is 15.4 Å². The van der Waals surface area contributed by atoms with Gasteiger partial charge in [0.1, 0.15) is 5.75 Å². The van der Waals surface area contributed by atoms with E-state index in [9.17, 15) is 9.59 Å². The molecule has 2 aromatic rings. The predicted molar refractivity (Wildman–Crippen MR) is 91.3 cm³/mol. The molecule has 0 atom stereocenters. The average Bonchev–Trinajstić information content (AvgIpc) is 3.00. The minimum Gasteiger partial charge on any atom is -0.497 e. The summed E-state index contributed by atoms with van der Waals surface area (Å²) in [6.07, 6.45) is -0.403. The zero-order valence-corrected chi connectivity index (χ0v) is 14.3. The number of methoxy groups -OCH3 is 1. The zero-order chi connectivity index (χ0) is 17.4. The summed E-state index contributed by atoms with van der Waals surface area (Å²) in [6.45, 7) is 2.44. The van der Waals surface area contributed by atoms with Crippen LogP contribution >= 0.6 is 11.3 Å². The second-order valence-corrected chi connectivity index (χ2v) is 5.65. The largest absolute Gasteiger partial charge is 0.497 e. The first kappa shape index (κ1) is 17.7. The van der Waals surface area contributed by atoms with Crippen LogP contribution in [0.25, 0.3) is 0 Å². The van der Waals surface area contributed by atoms with Crippen LogP contribution in [0.1, 0.15) is 18.2 Å². The summed E-state index contributed by atoms with van der Waals surface area (Å²) >= 11 is 1.25. The molecule has 0 saturated carbocycles. The van der Waals surface area contributed by atoms with E-state index in [4.69, 9.17) is 9.47 Å². The van der Waals surface area contributed by atoms with Gasteiger partial charge in [-0.3, -0.25) is 10.1 Å². The first-order valence-corrected chi connectivity index (χ1v) is 8.26. The number of nitrogens with one attached hydrogen (secondary N) is 2. The Bertz CT molecular complexity index is 685. The van der Waals surface area contributed by atoms with Crippen molar-refractivity contribution in [3.05, 3.63) is 40.9 Å². The van der Waals surface area contributed by atoms with E-state index in [-0.39, 0.29) is 18.9 Å². The number of aromatic nitrogens is 1. The van der Waals surface area contributed by atoms with Crippen LogP contribution in [0.5, 0.6) is 5.75 Å². The van der Waals surface area contributed by atoms with Crippen molar-refractivity contribution in [3.63, 3.8) is 0 Å². The SMILES string of the molecule is CCOC(=O)Nc1nc(CC(=O)NCc2ccc(OC)cc2)cs1. The number of carbonyl (C=O) groups is 2. The van der Waals surface area contributed by atoms with Crippen LogP contribution in [0.2, 0.25) is 0 Å². The third-order valence-electron chi connectivity index (χ3n) is 3.03. The van der Waals surface area contributed by atoms with Crippen molar-refractivity contribution in [1.29, 1.82) is 0 Å². The van der Waals surface area contributed by atoms with Gasteiger partial charge in [0.05, 0.1) is 25.8 Å². The highest BCUT2D eigenvalue weighted by molar-refractivity contribution is 7.13. The van der Waals surface area contributed by atoms with Crippen molar-refractivity contribution >= 4 is 28.5 Å². The summed E-state index contributed by atoms with van der Waals surface area (Å²) in [6, 6.07) is 7.47. The zero-order valence-electron chi connectivity index (χ0n) is 13.5. The van der Waals surface area contributed by atoms with E-state index in [1.165, 1.54) is 11.3 Å². The molecule has 0 spiro atoms. The number of ether oxygens (including phenoxy) is 2. The van der Waals surface area contributed by atoms with Crippen LogP contribution in [0.15, 0.2) is 29.6 Å². The molecule has 7 nitrogen and oxygen atoms in total. The minimum absolute atomic E-state index is 0.140. The monoisotopic (exact) mass is 349 g/mol. The van der Waals surface area contributed by atoms with Gasteiger partial charge in [-0.1, -0.05) is 12.1 Å². The van der Waals surface area contributed by atoms with E-state index in [0.717, 1.165) is 11.3 Å². The Morgan fingerprint density at radius 2 is 2.00 bits per heavy atom. The van der Waals surface area contributed by atoms with Gasteiger partial charge in [-0.15, -0.1) is 11.3 Å². The number of nitrogens with zero attached hydrogens (tertiary/aromatic N) is 1. The highest BCUT2D eigenvalue weighted by Gasteiger charge is 2.10. The smallest absolute Gasteiger partial charge is 0.413 e. The second kappa shape index (κ2) is 8.88. The number of hydrogen-bond donors (Lipinski definition) is 2. The Morgan fingerprint density at radius 1 is 1.25 bits per heavy atom. The summed E-state index contributed by atoms with van der Waals surface area (Å²) in [5, 5.41) is 7.48. The summed E-state index contributed by atoms with van der Waals surface area (Å²) in [4.78, 5) is 27.4. The Morgan fingerprint density at radius 3 is 2.67 bits per heavy atom. The Labute approximate surface area is 144 Å². The summed E-state index contributed by atoms with van der Waals surface area (Å²) < 4.78 is 9.85. The second-order valence-electron chi connectivity index (χ2n) is 4.79. The molecule has 128 valence electrons. The fourth-order valence-corrected chi connectivity index (χ4v) is 2.57. The number of hydrogen-bond acceptors (Lipinski definition) is 6. The Balaban J connectivity index is 1.79. The molecule has 24 heavy (non-hydrogen) atoms. The Hall–Kier alpha value is -2.61. The molecule has 0 aliphatic carbocycles. The highest BCUT2D eigenvalue weighted by Crippen LogP contribution is 2.16. The van der Waals surface area contributed by atoms with Crippen molar-refractivity contribution in [3.8, 4) is 5.75 Å². The van der Waals surface area contributed by atoms with Crippen molar-refractivity contribution in [2.45, 2.75) is 19.9 Å². The van der Waals surface area contributed by atoms with E-state index in [0.29, 0.717) is 17.4 Å². The molecule has 2 rings (SSSR count). The van der Waals surface area contributed by atoms with E-state index in [1.54, 1.807) is 19.4 Å². The molecule has 0 unspecified atom stereocenters. The molecule has 0 radical (unpaired) electrons. The van der Waals surface area contributed by atoms with Crippen molar-refractivity contribution in [2.75, 3.05) is 19.0 Å². The third-order valence-corrected chi connectivity index (χ3v) is 3.83. The first-order chi connectivity index (χ1) is 11.6. The van der Waals surface area contributed by atoms with E-state index < -0.39 is 6.09 Å². The summed E-state index contributed by atoms with van der Waals surface area (Å²) in [5.74, 6) is 0.632. The first-order valence-electron chi connectivity index (χ1n) is 7.38. The number of rotatable bonds is 7. The number of benzene rings is 1. The van der Waals surface area contributed by atoms with Crippen molar-refractivity contribution < 1.29 is 19.1 Å². The maximum absolute atomic E-state index is 12.0. The molecule has 1 aromatic carbocycles. The predicted octanol–water partition coefficient (Wildman–Crippen LogP) is 2.58.